The Morgan fingerprint density at radius 3 is 2.54 bits per heavy atom. The molecule has 1 atom stereocenters. The van der Waals surface area contributed by atoms with Crippen molar-refractivity contribution in [1.29, 1.82) is 0 Å². The number of likely N-dealkylation sites (tertiary alicyclic amines) is 1. The Morgan fingerprint density at radius 2 is 1.81 bits per heavy atom. The van der Waals surface area contributed by atoms with Gasteiger partial charge in [0.15, 0.2) is 0 Å². The fraction of sp³-hybridized carbons (Fsp3) is 0.385. The zero-order valence-electron chi connectivity index (χ0n) is 20.2. The molecule has 37 heavy (non-hydrogen) atoms. The third-order valence-corrected chi connectivity index (χ3v) is 8.29. The molecular formula is C26H26Cl2N4O4S. The molecule has 3 heterocycles. The van der Waals surface area contributed by atoms with Crippen molar-refractivity contribution < 1.29 is 19.1 Å². The molecule has 5 rings (SSSR count). The van der Waals surface area contributed by atoms with Crippen LogP contribution in [0.1, 0.15) is 43.0 Å². The summed E-state index contributed by atoms with van der Waals surface area (Å²) in [7, 11) is 0. The van der Waals surface area contributed by atoms with E-state index in [2.05, 4.69) is 22.2 Å². The zero-order valence-corrected chi connectivity index (χ0v) is 22.6. The molecule has 0 aliphatic carbocycles. The van der Waals surface area contributed by atoms with E-state index in [0.29, 0.717) is 34.7 Å². The Balaban J connectivity index is 1.16. The molecule has 1 spiro atoms. The van der Waals surface area contributed by atoms with Crippen LogP contribution in [-0.4, -0.2) is 56.4 Å². The fourth-order valence-corrected chi connectivity index (χ4v) is 5.94. The Labute approximate surface area is 229 Å². The molecule has 2 saturated heterocycles. The summed E-state index contributed by atoms with van der Waals surface area (Å²) in [6.07, 6.45) is 3.05. The molecule has 194 valence electrons. The molecule has 11 heteroatoms. The van der Waals surface area contributed by atoms with E-state index in [4.69, 9.17) is 32.7 Å². The maximum absolute atomic E-state index is 12.0. The van der Waals surface area contributed by atoms with Crippen LogP contribution < -0.4 is 0 Å². The summed E-state index contributed by atoms with van der Waals surface area (Å²) in [5.41, 5.74) is 1.95. The summed E-state index contributed by atoms with van der Waals surface area (Å²) in [5, 5.41) is 6.23. The first-order valence-electron chi connectivity index (χ1n) is 12.1. The summed E-state index contributed by atoms with van der Waals surface area (Å²) in [5.74, 6) is -1.45. The molecule has 0 radical (unpaired) electrons. The number of hydrogen-bond acceptors (Lipinski definition) is 8. The second kappa shape index (κ2) is 11.0. The van der Waals surface area contributed by atoms with Crippen molar-refractivity contribution >= 4 is 46.9 Å². The number of benzene rings is 2. The molecule has 0 saturated carbocycles. The van der Waals surface area contributed by atoms with Gasteiger partial charge in [0.2, 0.25) is 5.16 Å². The number of carbonyl (C=O) groups excluding carboxylic acids is 2. The minimum Gasteiger partial charge on any atom is -0.400 e. The molecule has 2 aliphatic heterocycles. The number of carbonyl (C=O) groups is 2. The molecule has 2 fully saturated rings. The number of rotatable bonds is 8. The molecule has 1 unspecified atom stereocenters. The topological polar surface area (TPSA) is 86.6 Å². The number of ether oxygens (including phenoxy) is 2. The first-order chi connectivity index (χ1) is 17.8. The van der Waals surface area contributed by atoms with E-state index in [9.17, 15) is 9.59 Å². The van der Waals surface area contributed by atoms with Gasteiger partial charge in [0.05, 0.1) is 15.7 Å². The SMILES string of the molecule is Cc1nc(SCCCCN2CCC(c3ccccc3)CC23OC(=O)C(=O)O3)nn1-c1ccc(Cl)c(Cl)c1. The summed E-state index contributed by atoms with van der Waals surface area (Å²) < 4.78 is 12.8. The predicted octanol–water partition coefficient (Wildman–Crippen LogP) is 5.39. The summed E-state index contributed by atoms with van der Waals surface area (Å²) in [6.45, 7) is 3.21. The molecule has 2 aromatic carbocycles. The lowest BCUT2D eigenvalue weighted by Gasteiger charge is -2.43. The monoisotopic (exact) mass is 560 g/mol. The van der Waals surface area contributed by atoms with E-state index < -0.39 is 17.8 Å². The number of esters is 2. The van der Waals surface area contributed by atoms with E-state index in [1.165, 1.54) is 0 Å². The van der Waals surface area contributed by atoms with Crippen LogP contribution in [0.25, 0.3) is 5.69 Å². The quantitative estimate of drug-likeness (QED) is 0.157. The lowest BCUT2D eigenvalue weighted by Crippen LogP contribution is -2.55. The Hall–Kier alpha value is -2.59. The zero-order chi connectivity index (χ0) is 26.0. The number of aromatic nitrogens is 3. The highest BCUT2D eigenvalue weighted by Crippen LogP contribution is 2.42. The van der Waals surface area contributed by atoms with Gasteiger partial charge in [-0.3, -0.25) is 0 Å². The van der Waals surface area contributed by atoms with E-state index in [1.807, 2.05) is 36.1 Å². The normalized spacial score (nSPS) is 19.3. The second-order valence-corrected chi connectivity index (χ2v) is 11.0. The fourth-order valence-electron chi connectivity index (χ4n) is 4.78. The van der Waals surface area contributed by atoms with Crippen LogP contribution in [0.2, 0.25) is 10.0 Å². The molecule has 3 aromatic rings. The first-order valence-corrected chi connectivity index (χ1v) is 13.9. The van der Waals surface area contributed by atoms with Crippen molar-refractivity contribution in [1.82, 2.24) is 19.7 Å². The van der Waals surface area contributed by atoms with Gasteiger partial charge in [0, 0.05) is 25.3 Å². The number of hydrogen-bond donors (Lipinski definition) is 0. The molecule has 0 amide bonds. The second-order valence-electron chi connectivity index (χ2n) is 9.09. The molecule has 2 aliphatic rings. The molecule has 8 nitrogen and oxygen atoms in total. The van der Waals surface area contributed by atoms with E-state index in [-0.39, 0.29) is 5.92 Å². The number of unbranched alkanes of at least 4 members (excludes halogenated alkanes) is 1. The Kier molecular flexibility index (Phi) is 7.76. The van der Waals surface area contributed by atoms with Crippen LogP contribution in [0.15, 0.2) is 53.7 Å². The standard InChI is InChI=1S/C26H26Cl2N4O4S/c1-17-29-25(30-32(17)20-9-10-21(27)22(28)15-20)37-14-6-5-12-31-13-11-19(18-7-3-2-4-8-18)16-26(31)35-23(33)24(34)36-26/h2-4,7-10,15,19H,5-6,11-14,16H2,1H3. The number of aryl methyl sites for hydroxylation is 1. The summed E-state index contributed by atoms with van der Waals surface area (Å²) in [4.78, 5) is 30.5. The lowest BCUT2D eigenvalue weighted by atomic mass is 9.87. The van der Waals surface area contributed by atoms with Crippen molar-refractivity contribution in [2.24, 2.45) is 0 Å². The number of halogens is 2. The summed E-state index contributed by atoms with van der Waals surface area (Å²) >= 11 is 13.7. The third-order valence-electron chi connectivity index (χ3n) is 6.63. The number of thioether (sulfide) groups is 1. The molecular weight excluding hydrogens is 535 g/mol. The van der Waals surface area contributed by atoms with Crippen LogP contribution in [0, 0.1) is 6.92 Å². The summed E-state index contributed by atoms with van der Waals surface area (Å²) in [6, 6.07) is 15.4. The first kappa shape index (κ1) is 26.0. The van der Waals surface area contributed by atoms with Crippen molar-refractivity contribution in [2.75, 3.05) is 18.8 Å². The van der Waals surface area contributed by atoms with Gasteiger partial charge in [0.1, 0.15) is 5.82 Å². The lowest BCUT2D eigenvalue weighted by molar-refractivity contribution is -0.266. The average Bonchev–Trinajstić information content (AvgIpc) is 3.40. The van der Waals surface area contributed by atoms with Gasteiger partial charge in [-0.25, -0.2) is 24.2 Å². The minimum atomic E-state index is -1.32. The maximum atomic E-state index is 12.0. The van der Waals surface area contributed by atoms with Crippen LogP contribution in [-0.2, 0) is 19.1 Å². The predicted molar refractivity (Wildman–Crippen MR) is 141 cm³/mol. The van der Waals surface area contributed by atoms with Gasteiger partial charge < -0.3 is 9.47 Å². The van der Waals surface area contributed by atoms with Crippen molar-refractivity contribution in [2.45, 2.75) is 49.6 Å². The highest BCUT2D eigenvalue weighted by molar-refractivity contribution is 7.99. The average molecular weight is 561 g/mol. The molecule has 0 N–H and O–H groups in total. The largest absolute Gasteiger partial charge is 0.421 e. The van der Waals surface area contributed by atoms with Gasteiger partial charge in [-0.2, -0.15) is 0 Å². The highest BCUT2D eigenvalue weighted by Gasteiger charge is 2.55. The maximum Gasteiger partial charge on any atom is 0.421 e. The van der Waals surface area contributed by atoms with E-state index >= 15 is 0 Å². The third kappa shape index (κ3) is 5.65. The number of nitrogens with zero attached hydrogens (tertiary/aromatic N) is 4. The molecule has 1 aromatic heterocycles. The Morgan fingerprint density at radius 1 is 1.05 bits per heavy atom. The molecule has 0 bridgehead atoms. The van der Waals surface area contributed by atoms with Crippen molar-refractivity contribution in [3.8, 4) is 5.69 Å². The number of piperidine rings is 1. The van der Waals surface area contributed by atoms with Gasteiger partial charge >= 0.3 is 17.8 Å². The smallest absolute Gasteiger partial charge is 0.400 e. The van der Waals surface area contributed by atoms with Gasteiger partial charge in [0.25, 0.3) is 0 Å². The Bertz CT molecular complexity index is 1290. The van der Waals surface area contributed by atoms with E-state index in [1.54, 1.807) is 28.6 Å². The van der Waals surface area contributed by atoms with Crippen molar-refractivity contribution in [3.05, 3.63) is 70.0 Å². The minimum absolute atomic E-state index is 0.145. The van der Waals surface area contributed by atoms with E-state index in [0.717, 1.165) is 42.1 Å². The van der Waals surface area contributed by atoms with Gasteiger partial charge in [-0.15, -0.1) is 5.10 Å². The van der Waals surface area contributed by atoms with Crippen molar-refractivity contribution in [3.63, 3.8) is 0 Å². The van der Waals surface area contributed by atoms with Crippen LogP contribution in [0.4, 0.5) is 0 Å². The van der Waals surface area contributed by atoms with Crippen LogP contribution in [0.5, 0.6) is 0 Å². The van der Waals surface area contributed by atoms with Gasteiger partial charge in [-0.05, 0) is 55.9 Å². The van der Waals surface area contributed by atoms with Gasteiger partial charge in [-0.1, -0.05) is 65.3 Å². The van der Waals surface area contributed by atoms with Crippen LogP contribution in [0.3, 0.4) is 0 Å². The highest BCUT2D eigenvalue weighted by atomic mass is 35.5. The van der Waals surface area contributed by atoms with Crippen LogP contribution >= 0.6 is 35.0 Å².